The molecular weight excluding hydrogens is 349 g/mol. The maximum Gasteiger partial charge on any atom is 0.260 e. The topological polar surface area (TPSA) is 68.5 Å². The third kappa shape index (κ3) is 3.97. The maximum atomic E-state index is 13.5. The number of hydrogen-bond acceptors (Lipinski definition) is 5. The summed E-state index contributed by atoms with van der Waals surface area (Å²) in [6, 6.07) is 15.9. The van der Waals surface area contributed by atoms with Gasteiger partial charge in [-0.3, -0.25) is 4.79 Å². The Balaban J connectivity index is 1.27. The zero-order valence-corrected chi connectivity index (χ0v) is 14.5. The van der Waals surface area contributed by atoms with Crippen LogP contribution in [0.2, 0.25) is 0 Å². The molecule has 0 bridgehead atoms. The van der Waals surface area contributed by atoms with Crippen molar-refractivity contribution >= 4 is 5.91 Å². The molecule has 7 heteroatoms. The standard InChI is InChI=1S/C20H18FN3O3/c21-16-8-4-5-9-17(16)26-13-19(25)24-11-15(12-24)20-22-18(23-27-20)10-14-6-2-1-3-7-14/h1-9,15H,10-13H2. The fourth-order valence-corrected chi connectivity index (χ4v) is 2.91. The summed E-state index contributed by atoms with van der Waals surface area (Å²) in [5, 5.41) is 4.01. The van der Waals surface area contributed by atoms with Crippen molar-refractivity contribution in [3.8, 4) is 5.75 Å². The molecule has 0 spiro atoms. The average molecular weight is 367 g/mol. The molecule has 6 nitrogen and oxygen atoms in total. The molecule has 2 heterocycles. The van der Waals surface area contributed by atoms with Crippen LogP contribution in [0.1, 0.15) is 23.2 Å². The lowest BCUT2D eigenvalue weighted by Gasteiger charge is -2.36. The first-order valence-electron chi connectivity index (χ1n) is 8.70. The van der Waals surface area contributed by atoms with E-state index in [0.29, 0.717) is 31.2 Å². The molecular formula is C20H18FN3O3. The van der Waals surface area contributed by atoms with Gasteiger partial charge in [0, 0.05) is 19.5 Å². The van der Waals surface area contributed by atoms with Gasteiger partial charge in [-0.15, -0.1) is 0 Å². The molecule has 138 valence electrons. The van der Waals surface area contributed by atoms with Gasteiger partial charge in [-0.1, -0.05) is 47.6 Å². The molecule has 1 amide bonds. The molecule has 0 atom stereocenters. The monoisotopic (exact) mass is 367 g/mol. The summed E-state index contributed by atoms with van der Waals surface area (Å²) >= 11 is 0. The highest BCUT2D eigenvalue weighted by molar-refractivity contribution is 5.78. The van der Waals surface area contributed by atoms with E-state index in [9.17, 15) is 9.18 Å². The summed E-state index contributed by atoms with van der Waals surface area (Å²) in [4.78, 5) is 18.2. The van der Waals surface area contributed by atoms with Gasteiger partial charge in [-0.2, -0.15) is 4.98 Å². The molecule has 3 aromatic rings. The number of benzene rings is 2. The van der Waals surface area contributed by atoms with E-state index < -0.39 is 5.82 Å². The molecule has 1 aromatic heterocycles. The number of likely N-dealkylation sites (tertiary alicyclic amines) is 1. The van der Waals surface area contributed by atoms with E-state index in [1.165, 1.54) is 12.1 Å². The molecule has 27 heavy (non-hydrogen) atoms. The van der Waals surface area contributed by atoms with E-state index in [4.69, 9.17) is 9.26 Å². The minimum atomic E-state index is -0.483. The largest absolute Gasteiger partial charge is 0.481 e. The fraction of sp³-hybridized carbons (Fsp3) is 0.250. The second-order valence-electron chi connectivity index (χ2n) is 6.43. The number of aromatic nitrogens is 2. The molecule has 4 rings (SSSR count). The van der Waals surface area contributed by atoms with Crippen molar-refractivity contribution in [2.45, 2.75) is 12.3 Å². The Hall–Kier alpha value is -3.22. The second-order valence-corrected chi connectivity index (χ2v) is 6.43. The normalized spacial score (nSPS) is 14.0. The third-order valence-electron chi connectivity index (χ3n) is 4.46. The minimum absolute atomic E-state index is 0.0273. The number of amides is 1. The quantitative estimate of drug-likeness (QED) is 0.670. The lowest BCUT2D eigenvalue weighted by atomic mass is 10.0. The van der Waals surface area contributed by atoms with Crippen LogP contribution in [0.25, 0.3) is 0 Å². The molecule has 0 N–H and O–H groups in total. The Labute approximate surface area is 155 Å². The van der Waals surface area contributed by atoms with Gasteiger partial charge < -0.3 is 14.2 Å². The fourth-order valence-electron chi connectivity index (χ4n) is 2.91. The van der Waals surface area contributed by atoms with Gasteiger partial charge in [-0.05, 0) is 17.7 Å². The summed E-state index contributed by atoms with van der Waals surface area (Å²) < 4.78 is 24.1. The summed E-state index contributed by atoms with van der Waals surface area (Å²) in [5.41, 5.74) is 1.11. The molecule has 1 aliphatic heterocycles. The van der Waals surface area contributed by atoms with Crippen LogP contribution in [0.4, 0.5) is 4.39 Å². The van der Waals surface area contributed by atoms with Crippen LogP contribution in [0.5, 0.6) is 5.75 Å². The maximum absolute atomic E-state index is 13.5. The van der Waals surface area contributed by atoms with Gasteiger partial charge in [0.2, 0.25) is 5.89 Å². The molecule has 2 aromatic carbocycles. The number of halogens is 1. The van der Waals surface area contributed by atoms with Gasteiger partial charge in [0.25, 0.3) is 5.91 Å². The van der Waals surface area contributed by atoms with Gasteiger partial charge in [0.05, 0.1) is 5.92 Å². The van der Waals surface area contributed by atoms with Crippen LogP contribution in [0.3, 0.4) is 0 Å². The molecule has 1 aliphatic rings. The number of ether oxygens (including phenoxy) is 1. The SMILES string of the molecule is O=C(COc1ccccc1F)N1CC(c2nc(Cc3ccccc3)no2)C1. The summed E-state index contributed by atoms with van der Waals surface area (Å²) in [5.74, 6) is 0.593. The van der Waals surface area contributed by atoms with Gasteiger partial charge in [-0.25, -0.2) is 4.39 Å². The van der Waals surface area contributed by atoms with Gasteiger partial charge in [0.1, 0.15) is 0 Å². The van der Waals surface area contributed by atoms with Crippen molar-refractivity contribution in [1.29, 1.82) is 0 Å². The Bertz CT molecular complexity index is 923. The van der Waals surface area contributed by atoms with E-state index >= 15 is 0 Å². The summed E-state index contributed by atoms with van der Waals surface area (Å²) in [7, 11) is 0. The molecule has 0 unspecified atom stereocenters. The van der Waals surface area contributed by atoms with Crippen LogP contribution in [0.15, 0.2) is 59.1 Å². The first kappa shape index (κ1) is 17.2. The van der Waals surface area contributed by atoms with Crippen molar-refractivity contribution < 1.29 is 18.4 Å². The lowest BCUT2D eigenvalue weighted by Crippen LogP contribution is -2.50. The smallest absolute Gasteiger partial charge is 0.260 e. The van der Waals surface area contributed by atoms with Gasteiger partial charge >= 0.3 is 0 Å². The zero-order valence-electron chi connectivity index (χ0n) is 14.5. The van der Waals surface area contributed by atoms with Crippen molar-refractivity contribution in [2.75, 3.05) is 19.7 Å². The Morgan fingerprint density at radius 1 is 1.15 bits per heavy atom. The number of para-hydroxylation sites is 1. The number of nitrogens with zero attached hydrogens (tertiary/aromatic N) is 3. The number of carbonyl (C=O) groups is 1. The molecule has 0 aliphatic carbocycles. The van der Waals surface area contributed by atoms with Crippen LogP contribution in [-0.4, -0.2) is 40.6 Å². The summed E-state index contributed by atoms with van der Waals surface area (Å²) in [6.45, 7) is 0.787. The minimum Gasteiger partial charge on any atom is -0.481 e. The molecule has 1 fully saturated rings. The van der Waals surface area contributed by atoms with Crippen LogP contribution >= 0.6 is 0 Å². The Morgan fingerprint density at radius 2 is 1.89 bits per heavy atom. The third-order valence-corrected chi connectivity index (χ3v) is 4.46. The zero-order chi connectivity index (χ0) is 18.6. The van der Waals surface area contributed by atoms with Gasteiger partial charge in [0.15, 0.2) is 24.0 Å². The van der Waals surface area contributed by atoms with E-state index in [-0.39, 0.29) is 24.2 Å². The number of rotatable bonds is 6. The predicted molar refractivity (Wildman–Crippen MR) is 94.8 cm³/mol. The summed E-state index contributed by atoms with van der Waals surface area (Å²) in [6.07, 6.45) is 0.607. The molecule has 0 saturated carbocycles. The van der Waals surface area contributed by atoms with Crippen molar-refractivity contribution in [3.63, 3.8) is 0 Å². The van der Waals surface area contributed by atoms with Crippen LogP contribution in [-0.2, 0) is 11.2 Å². The van der Waals surface area contributed by atoms with E-state index in [1.54, 1.807) is 17.0 Å². The number of carbonyl (C=O) groups excluding carboxylic acids is 1. The highest BCUT2D eigenvalue weighted by atomic mass is 19.1. The predicted octanol–water partition coefficient (Wildman–Crippen LogP) is 2.80. The van der Waals surface area contributed by atoms with E-state index in [1.807, 2.05) is 30.3 Å². The molecule has 1 saturated heterocycles. The van der Waals surface area contributed by atoms with Crippen LogP contribution < -0.4 is 4.74 Å². The Kier molecular flexibility index (Phi) is 4.82. The highest BCUT2D eigenvalue weighted by Crippen LogP contribution is 2.26. The van der Waals surface area contributed by atoms with Crippen molar-refractivity contribution in [1.82, 2.24) is 15.0 Å². The van der Waals surface area contributed by atoms with E-state index in [0.717, 1.165) is 5.56 Å². The first-order chi connectivity index (χ1) is 13.2. The highest BCUT2D eigenvalue weighted by Gasteiger charge is 2.35. The lowest BCUT2D eigenvalue weighted by molar-refractivity contribution is -0.138. The molecule has 0 radical (unpaired) electrons. The first-order valence-corrected chi connectivity index (χ1v) is 8.70. The second kappa shape index (κ2) is 7.57. The average Bonchev–Trinajstić information content (AvgIpc) is 3.08. The van der Waals surface area contributed by atoms with Crippen molar-refractivity contribution in [3.05, 3.63) is 77.7 Å². The van der Waals surface area contributed by atoms with Crippen LogP contribution in [0, 0.1) is 5.82 Å². The Morgan fingerprint density at radius 3 is 2.67 bits per heavy atom. The number of hydrogen-bond donors (Lipinski definition) is 0. The van der Waals surface area contributed by atoms with Crippen molar-refractivity contribution in [2.24, 2.45) is 0 Å². The van der Waals surface area contributed by atoms with E-state index in [2.05, 4.69) is 10.1 Å².